The first-order chi connectivity index (χ1) is 7.34. The Morgan fingerprint density at radius 2 is 2.07 bits per heavy atom. The van der Waals surface area contributed by atoms with E-state index in [1.54, 1.807) is 34.8 Å². The van der Waals surface area contributed by atoms with E-state index < -0.39 is 0 Å². The SMILES string of the molecule is Oc1ccc(SCCn2ccnn2)cc1. The minimum absolute atomic E-state index is 0.302. The second-order valence-corrected chi connectivity index (χ2v) is 4.18. The van der Waals surface area contributed by atoms with Crippen molar-refractivity contribution >= 4 is 11.8 Å². The largest absolute Gasteiger partial charge is 0.508 e. The quantitative estimate of drug-likeness (QED) is 0.799. The lowest BCUT2D eigenvalue weighted by atomic mass is 10.3. The van der Waals surface area contributed by atoms with Gasteiger partial charge in [0.15, 0.2) is 0 Å². The van der Waals surface area contributed by atoms with Gasteiger partial charge >= 0.3 is 0 Å². The van der Waals surface area contributed by atoms with Crippen molar-refractivity contribution in [3.63, 3.8) is 0 Å². The van der Waals surface area contributed by atoms with Gasteiger partial charge in [0.2, 0.25) is 0 Å². The predicted molar refractivity (Wildman–Crippen MR) is 58.9 cm³/mol. The van der Waals surface area contributed by atoms with Crippen molar-refractivity contribution in [2.24, 2.45) is 0 Å². The number of nitrogens with zero attached hydrogens (tertiary/aromatic N) is 3. The van der Waals surface area contributed by atoms with E-state index in [1.807, 2.05) is 18.3 Å². The first-order valence-electron chi connectivity index (χ1n) is 4.60. The van der Waals surface area contributed by atoms with Gasteiger partial charge in [-0.1, -0.05) is 5.21 Å². The van der Waals surface area contributed by atoms with Crippen LogP contribution in [-0.2, 0) is 6.54 Å². The molecule has 0 spiro atoms. The fourth-order valence-corrected chi connectivity index (χ4v) is 1.99. The summed E-state index contributed by atoms with van der Waals surface area (Å²) in [6.07, 6.45) is 3.52. The molecule has 1 N–H and O–H groups in total. The lowest BCUT2D eigenvalue weighted by Gasteiger charge is -2.01. The third-order valence-corrected chi connectivity index (χ3v) is 2.89. The topological polar surface area (TPSA) is 50.9 Å². The molecule has 15 heavy (non-hydrogen) atoms. The van der Waals surface area contributed by atoms with E-state index in [1.165, 1.54) is 0 Å². The smallest absolute Gasteiger partial charge is 0.115 e. The standard InChI is InChI=1S/C10H11N3OS/c14-9-1-3-10(4-2-9)15-8-7-13-6-5-11-12-13/h1-6,14H,7-8H2. The molecule has 0 aliphatic carbocycles. The van der Waals surface area contributed by atoms with Crippen LogP contribution in [0.3, 0.4) is 0 Å². The van der Waals surface area contributed by atoms with Gasteiger partial charge in [-0.3, -0.25) is 4.68 Å². The molecule has 0 unspecified atom stereocenters. The Balaban J connectivity index is 1.81. The minimum Gasteiger partial charge on any atom is -0.508 e. The normalized spacial score (nSPS) is 10.4. The van der Waals surface area contributed by atoms with Crippen molar-refractivity contribution < 1.29 is 5.11 Å². The highest BCUT2D eigenvalue weighted by Crippen LogP contribution is 2.20. The molecule has 0 aliphatic rings. The van der Waals surface area contributed by atoms with E-state index in [0.717, 1.165) is 17.2 Å². The average molecular weight is 221 g/mol. The molecular formula is C10H11N3OS. The van der Waals surface area contributed by atoms with Crippen molar-refractivity contribution in [2.45, 2.75) is 11.4 Å². The van der Waals surface area contributed by atoms with Gasteiger partial charge < -0.3 is 5.11 Å². The molecule has 2 rings (SSSR count). The number of benzene rings is 1. The first kappa shape index (κ1) is 10.0. The summed E-state index contributed by atoms with van der Waals surface area (Å²) in [5.41, 5.74) is 0. The maximum absolute atomic E-state index is 9.10. The number of phenolic OH excluding ortho intramolecular Hbond substituents is 1. The highest BCUT2D eigenvalue weighted by molar-refractivity contribution is 7.99. The van der Waals surface area contributed by atoms with Crippen LogP contribution in [0.15, 0.2) is 41.6 Å². The molecule has 0 amide bonds. The maximum Gasteiger partial charge on any atom is 0.115 e. The summed E-state index contributed by atoms with van der Waals surface area (Å²) in [7, 11) is 0. The molecule has 0 bridgehead atoms. The maximum atomic E-state index is 9.10. The van der Waals surface area contributed by atoms with Crippen molar-refractivity contribution in [1.82, 2.24) is 15.0 Å². The van der Waals surface area contributed by atoms with Crippen LogP contribution in [0.4, 0.5) is 0 Å². The van der Waals surface area contributed by atoms with Gasteiger partial charge in [-0.25, -0.2) is 0 Å². The van der Waals surface area contributed by atoms with Crippen LogP contribution in [0.25, 0.3) is 0 Å². The molecule has 1 aromatic heterocycles. The van der Waals surface area contributed by atoms with E-state index in [4.69, 9.17) is 5.11 Å². The fourth-order valence-electron chi connectivity index (χ4n) is 1.15. The summed E-state index contributed by atoms with van der Waals surface area (Å²) in [6.45, 7) is 0.839. The molecule has 1 aromatic carbocycles. The number of aryl methyl sites for hydroxylation is 1. The van der Waals surface area contributed by atoms with E-state index in [2.05, 4.69) is 10.3 Å². The highest BCUT2D eigenvalue weighted by atomic mass is 32.2. The van der Waals surface area contributed by atoms with Crippen LogP contribution in [0, 0.1) is 0 Å². The van der Waals surface area contributed by atoms with Gasteiger partial charge in [-0.15, -0.1) is 16.9 Å². The number of phenols is 1. The van der Waals surface area contributed by atoms with E-state index >= 15 is 0 Å². The number of aromatic hydroxyl groups is 1. The Kier molecular flexibility index (Phi) is 3.24. The van der Waals surface area contributed by atoms with Crippen LogP contribution >= 0.6 is 11.8 Å². The molecule has 78 valence electrons. The van der Waals surface area contributed by atoms with Crippen LogP contribution in [-0.4, -0.2) is 25.9 Å². The summed E-state index contributed by atoms with van der Waals surface area (Å²) >= 11 is 1.73. The average Bonchev–Trinajstić information content (AvgIpc) is 2.74. The third kappa shape index (κ3) is 2.99. The van der Waals surface area contributed by atoms with Crippen molar-refractivity contribution in [1.29, 1.82) is 0 Å². The van der Waals surface area contributed by atoms with E-state index in [0.29, 0.717) is 5.75 Å². The Morgan fingerprint density at radius 3 is 2.73 bits per heavy atom. The molecule has 5 heteroatoms. The highest BCUT2D eigenvalue weighted by Gasteiger charge is 1.95. The van der Waals surface area contributed by atoms with Gasteiger partial charge in [-0.05, 0) is 24.3 Å². The molecule has 4 nitrogen and oxygen atoms in total. The summed E-state index contributed by atoms with van der Waals surface area (Å²) in [6, 6.07) is 7.19. The van der Waals surface area contributed by atoms with Crippen molar-refractivity contribution in [3.05, 3.63) is 36.7 Å². The zero-order valence-electron chi connectivity index (χ0n) is 8.08. The third-order valence-electron chi connectivity index (χ3n) is 1.90. The van der Waals surface area contributed by atoms with Crippen molar-refractivity contribution in [2.75, 3.05) is 5.75 Å². The Bertz CT molecular complexity index is 399. The molecule has 2 aromatic rings. The number of rotatable bonds is 4. The summed E-state index contributed by atoms with van der Waals surface area (Å²) < 4.78 is 1.80. The Morgan fingerprint density at radius 1 is 1.27 bits per heavy atom. The monoisotopic (exact) mass is 221 g/mol. The number of aromatic nitrogens is 3. The van der Waals surface area contributed by atoms with Gasteiger partial charge in [-0.2, -0.15) is 0 Å². The van der Waals surface area contributed by atoms with Crippen LogP contribution < -0.4 is 0 Å². The van der Waals surface area contributed by atoms with Gasteiger partial charge in [0.1, 0.15) is 5.75 Å². The Hall–Kier alpha value is -1.49. The van der Waals surface area contributed by atoms with Gasteiger partial charge in [0, 0.05) is 16.8 Å². The van der Waals surface area contributed by atoms with E-state index in [9.17, 15) is 0 Å². The second kappa shape index (κ2) is 4.84. The molecule has 0 radical (unpaired) electrons. The number of thioether (sulfide) groups is 1. The minimum atomic E-state index is 0.302. The van der Waals surface area contributed by atoms with Crippen LogP contribution in [0.5, 0.6) is 5.75 Å². The molecule has 0 saturated heterocycles. The lowest BCUT2D eigenvalue weighted by Crippen LogP contribution is -2.00. The van der Waals surface area contributed by atoms with Crippen LogP contribution in [0.1, 0.15) is 0 Å². The zero-order valence-corrected chi connectivity index (χ0v) is 8.89. The summed E-state index contributed by atoms with van der Waals surface area (Å²) in [5.74, 6) is 1.24. The molecule has 0 atom stereocenters. The van der Waals surface area contributed by atoms with Crippen molar-refractivity contribution in [3.8, 4) is 5.75 Å². The fraction of sp³-hybridized carbons (Fsp3) is 0.200. The molecular weight excluding hydrogens is 210 g/mol. The molecule has 0 saturated carbocycles. The molecule has 0 fully saturated rings. The summed E-state index contributed by atoms with van der Waals surface area (Å²) in [5, 5.41) is 16.7. The number of hydrogen-bond acceptors (Lipinski definition) is 4. The molecule has 0 aliphatic heterocycles. The van der Waals surface area contributed by atoms with Gasteiger partial charge in [0.25, 0.3) is 0 Å². The first-order valence-corrected chi connectivity index (χ1v) is 5.59. The van der Waals surface area contributed by atoms with Gasteiger partial charge in [0.05, 0.1) is 12.7 Å². The number of hydrogen-bond donors (Lipinski definition) is 1. The second-order valence-electron chi connectivity index (χ2n) is 3.01. The zero-order chi connectivity index (χ0) is 10.5. The molecule has 1 heterocycles. The lowest BCUT2D eigenvalue weighted by molar-refractivity contribution is 0.475. The van der Waals surface area contributed by atoms with Crippen LogP contribution in [0.2, 0.25) is 0 Å². The summed E-state index contributed by atoms with van der Waals surface area (Å²) in [4.78, 5) is 1.15. The van der Waals surface area contributed by atoms with E-state index in [-0.39, 0.29) is 0 Å². The Labute approximate surface area is 91.9 Å². The predicted octanol–water partition coefficient (Wildman–Crippen LogP) is 1.78.